The molecule has 0 fully saturated rings. The summed E-state index contributed by atoms with van der Waals surface area (Å²) >= 11 is 0. The second-order valence-electron chi connectivity index (χ2n) is 3.15. The highest BCUT2D eigenvalue weighted by molar-refractivity contribution is 5.81. The van der Waals surface area contributed by atoms with Crippen LogP contribution in [0.3, 0.4) is 0 Å². The third kappa shape index (κ3) is 1.11. The highest BCUT2D eigenvalue weighted by Gasteiger charge is 2.08. The predicted octanol–water partition coefficient (Wildman–Crippen LogP) is 0.549. The zero-order valence-electron chi connectivity index (χ0n) is 8.07. The zero-order valence-corrected chi connectivity index (χ0v) is 8.07. The Hall–Kier alpha value is -2.24. The van der Waals surface area contributed by atoms with Crippen LogP contribution >= 0.6 is 0 Å². The Morgan fingerprint density at radius 1 is 1.20 bits per heavy atom. The van der Waals surface area contributed by atoms with Crippen LogP contribution in [0.15, 0.2) is 31.0 Å². The molecule has 0 N–H and O–H groups in total. The Labute approximate surface area is 85.2 Å². The van der Waals surface area contributed by atoms with Gasteiger partial charge in [0.15, 0.2) is 11.5 Å². The molecule has 0 unspecified atom stereocenters. The first-order valence-electron chi connectivity index (χ1n) is 4.49. The van der Waals surface area contributed by atoms with Crippen LogP contribution in [-0.2, 0) is 7.05 Å². The molecule has 0 bridgehead atoms. The molecule has 0 aliphatic rings. The third-order valence-electron chi connectivity index (χ3n) is 2.23. The number of aryl methyl sites for hydroxylation is 1. The van der Waals surface area contributed by atoms with E-state index in [2.05, 4.69) is 20.2 Å². The van der Waals surface area contributed by atoms with Gasteiger partial charge >= 0.3 is 0 Å². The molecular weight excluding hydrogens is 192 g/mol. The molecule has 3 heterocycles. The first-order valence-corrected chi connectivity index (χ1v) is 4.49. The quantitative estimate of drug-likeness (QED) is 0.575. The average molecular weight is 200 g/mol. The van der Waals surface area contributed by atoms with Crippen LogP contribution in [0.25, 0.3) is 16.9 Å². The number of hydrogen-bond donors (Lipinski definition) is 0. The first kappa shape index (κ1) is 8.10. The van der Waals surface area contributed by atoms with Crippen LogP contribution in [0.1, 0.15) is 0 Å². The topological polar surface area (TPSA) is 61.4 Å². The van der Waals surface area contributed by atoms with Gasteiger partial charge in [0, 0.05) is 19.4 Å². The maximum atomic E-state index is 4.20. The van der Waals surface area contributed by atoms with Gasteiger partial charge in [0.2, 0.25) is 0 Å². The van der Waals surface area contributed by atoms with E-state index < -0.39 is 0 Å². The Morgan fingerprint density at radius 3 is 2.93 bits per heavy atom. The van der Waals surface area contributed by atoms with Gasteiger partial charge in [0.1, 0.15) is 6.33 Å². The molecule has 0 aromatic carbocycles. The van der Waals surface area contributed by atoms with Crippen molar-refractivity contribution in [1.29, 1.82) is 0 Å². The fourth-order valence-electron chi connectivity index (χ4n) is 1.53. The highest BCUT2D eigenvalue weighted by Crippen LogP contribution is 2.15. The molecule has 0 radical (unpaired) electrons. The molecule has 3 aromatic heterocycles. The fraction of sp³-hybridized carbons (Fsp3) is 0.111. The normalized spacial score (nSPS) is 11.0. The predicted molar refractivity (Wildman–Crippen MR) is 53.4 cm³/mol. The summed E-state index contributed by atoms with van der Waals surface area (Å²) in [5.41, 5.74) is 0.801. The monoisotopic (exact) mass is 200 g/mol. The molecular formula is C9H8N6. The Kier molecular flexibility index (Phi) is 1.55. The number of aromatic nitrogens is 6. The largest absolute Gasteiger partial charge is 0.250 e. The zero-order chi connectivity index (χ0) is 10.3. The van der Waals surface area contributed by atoms with E-state index in [4.69, 9.17) is 0 Å². The number of nitrogens with zero attached hydrogens (tertiary/aromatic N) is 6. The second kappa shape index (κ2) is 2.88. The Balaban J connectivity index is 2.36. The average Bonchev–Trinajstić information content (AvgIpc) is 2.88. The SMILES string of the molecule is Cn1ncc2c(-n3cccn3)ncnc21. The maximum absolute atomic E-state index is 4.20. The number of hydrogen-bond acceptors (Lipinski definition) is 4. The van der Waals surface area contributed by atoms with Gasteiger partial charge in [-0.2, -0.15) is 10.2 Å². The van der Waals surface area contributed by atoms with E-state index in [-0.39, 0.29) is 0 Å². The summed E-state index contributed by atoms with van der Waals surface area (Å²) in [5.74, 6) is 0.748. The molecule has 0 saturated carbocycles. The lowest BCUT2D eigenvalue weighted by molar-refractivity contribution is 0.784. The van der Waals surface area contributed by atoms with Crippen molar-refractivity contribution >= 4 is 11.0 Å². The van der Waals surface area contributed by atoms with E-state index in [1.807, 2.05) is 19.3 Å². The Morgan fingerprint density at radius 2 is 2.13 bits per heavy atom. The lowest BCUT2D eigenvalue weighted by atomic mass is 10.4. The van der Waals surface area contributed by atoms with Gasteiger partial charge in [-0.15, -0.1) is 0 Å². The standard InChI is InChI=1S/C9H8N6/c1-14-8-7(5-13-14)9(11-6-10-8)15-4-2-3-12-15/h2-6H,1H3. The minimum absolute atomic E-state index is 0.748. The van der Waals surface area contributed by atoms with Gasteiger partial charge in [-0.25, -0.2) is 14.6 Å². The molecule has 74 valence electrons. The van der Waals surface area contributed by atoms with Gasteiger partial charge < -0.3 is 0 Å². The molecule has 0 spiro atoms. The lowest BCUT2D eigenvalue weighted by Crippen LogP contribution is -2.00. The van der Waals surface area contributed by atoms with Gasteiger partial charge in [0.25, 0.3) is 0 Å². The minimum Gasteiger partial charge on any atom is -0.250 e. The van der Waals surface area contributed by atoms with Gasteiger partial charge in [0.05, 0.1) is 11.6 Å². The van der Waals surface area contributed by atoms with E-state index in [0.717, 1.165) is 16.9 Å². The lowest BCUT2D eigenvalue weighted by Gasteiger charge is -2.00. The van der Waals surface area contributed by atoms with Crippen molar-refractivity contribution in [3.8, 4) is 5.82 Å². The molecule has 3 rings (SSSR count). The summed E-state index contributed by atoms with van der Waals surface area (Å²) in [7, 11) is 1.85. The molecule has 6 heteroatoms. The van der Waals surface area contributed by atoms with Crippen molar-refractivity contribution in [2.75, 3.05) is 0 Å². The van der Waals surface area contributed by atoms with Crippen LogP contribution in [0.5, 0.6) is 0 Å². The Bertz CT molecular complexity index is 594. The summed E-state index contributed by atoms with van der Waals surface area (Å²) in [5, 5.41) is 9.17. The van der Waals surface area contributed by atoms with Gasteiger partial charge in [-0.05, 0) is 6.07 Å². The number of rotatable bonds is 1. The van der Waals surface area contributed by atoms with Crippen LogP contribution in [0, 0.1) is 0 Å². The minimum atomic E-state index is 0.748. The first-order chi connectivity index (χ1) is 7.36. The van der Waals surface area contributed by atoms with E-state index in [1.54, 1.807) is 21.8 Å². The molecule has 0 aliphatic heterocycles. The van der Waals surface area contributed by atoms with Crippen molar-refractivity contribution in [2.45, 2.75) is 0 Å². The fourth-order valence-corrected chi connectivity index (χ4v) is 1.53. The summed E-state index contributed by atoms with van der Waals surface area (Å²) in [6.07, 6.45) is 6.81. The molecule has 0 saturated heterocycles. The van der Waals surface area contributed by atoms with Gasteiger partial charge in [-0.1, -0.05) is 0 Å². The van der Waals surface area contributed by atoms with E-state index in [9.17, 15) is 0 Å². The summed E-state index contributed by atoms with van der Waals surface area (Å²) in [6.45, 7) is 0. The number of fused-ring (bicyclic) bond motifs is 1. The molecule has 0 amide bonds. The maximum Gasteiger partial charge on any atom is 0.167 e. The molecule has 0 atom stereocenters. The van der Waals surface area contributed by atoms with E-state index in [0.29, 0.717) is 0 Å². The molecule has 3 aromatic rings. The molecule has 6 nitrogen and oxygen atoms in total. The van der Waals surface area contributed by atoms with E-state index in [1.165, 1.54) is 6.33 Å². The van der Waals surface area contributed by atoms with E-state index >= 15 is 0 Å². The van der Waals surface area contributed by atoms with Crippen LogP contribution in [0.2, 0.25) is 0 Å². The third-order valence-corrected chi connectivity index (χ3v) is 2.23. The summed E-state index contributed by atoms with van der Waals surface area (Å²) < 4.78 is 3.41. The second-order valence-corrected chi connectivity index (χ2v) is 3.15. The van der Waals surface area contributed by atoms with Crippen LogP contribution in [0.4, 0.5) is 0 Å². The summed E-state index contributed by atoms with van der Waals surface area (Å²) in [4.78, 5) is 8.36. The van der Waals surface area contributed by atoms with Crippen molar-refractivity contribution in [3.63, 3.8) is 0 Å². The van der Waals surface area contributed by atoms with Crippen LogP contribution < -0.4 is 0 Å². The molecule has 15 heavy (non-hydrogen) atoms. The van der Waals surface area contributed by atoms with Crippen molar-refractivity contribution in [1.82, 2.24) is 29.5 Å². The van der Waals surface area contributed by atoms with Crippen molar-refractivity contribution < 1.29 is 0 Å². The summed E-state index contributed by atoms with van der Waals surface area (Å²) in [6, 6.07) is 1.85. The smallest absolute Gasteiger partial charge is 0.167 e. The highest BCUT2D eigenvalue weighted by atomic mass is 15.3. The van der Waals surface area contributed by atoms with Crippen molar-refractivity contribution in [3.05, 3.63) is 31.0 Å². The van der Waals surface area contributed by atoms with Crippen LogP contribution in [-0.4, -0.2) is 29.5 Å². The van der Waals surface area contributed by atoms with Crippen molar-refractivity contribution in [2.24, 2.45) is 7.05 Å². The van der Waals surface area contributed by atoms with Gasteiger partial charge in [-0.3, -0.25) is 4.68 Å². The molecule has 0 aliphatic carbocycles.